The molecular formula is C22H27N7O2. The first-order valence-electron chi connectivity index (χ1n) is 10.6. The van der Waals surface area contributed by atoms with Crippen molar-refractivity contribution in [1.29, 1.82) is 0 Å². The third kappa shape index (κ3) is 3.93. The lowest BCUT2D eigenvalue weighted by Crippen LogP contribution is -2.56. The molecule has 0 radical (unpaired) electrons. The van der Waals surface area contributed by atoms with E-state index in [1.807, 2.05) is 42.2 Å². The summed E-state index contributed by atoms with van der Waals surface area (Å²) in [4.78, 5) is 19.9. The molecule has 1 spiro atoms. The standard InChI is InChI=1S/C22H27N7O2/c1-27-17(7-10-23-27)14-28-11-8-22(9-12-28)13-19-24-21(26-29(19)15-20(30)25-22)16-3-5-18(31-2)6-4-16/h3-7,10H,8-9,11-15H2,1-2H3,(H,25,30). The average Bonchev–Trinajstić information content (AvgIpc) is 3.32. The van der Waals surface area contributed by atoms with Crippen molar-refractivity contribution in [3.63, 3.8) is 0 Å². The van der Waals surface area contributed by atoms with Crippen LogP contribution in [0.2, 0.25) is 0 Å². The van der Waals surface area contributed by atoms with Crippen molar-refractivity contribution in [2.45, 2.75) is 37.9 Å². The van der Waals surface area contributed by atoms with Crippen molar-refractivity contribution in [2.75, 3.05) is 20.2 Å². The van der Waals surface area contributed by atoms with Gasteiger partial charge in [-0.05, 0) is 43.2 Å². The highest BCUT2D eigenvalue weighted by Crippen LogP contribution is 2.30. The minimum atomic E-state index is -0.265. The van der Waals surface area contributed by atoms with Crippen LogP contribution in [0.1, 0.15) is 24.4 Å². The fraction of sp³-hybridized carbons (Fsp3) is 0.455. The number of hydrogen-bond acceptors (Lipinski definition) is 6. The minimum Gasteiger partial charge on any atom is -0.497 e. The van der Waals surface area contributed by atoms with E-state index in [0.717, 1.165) is 49.6 Å². The predicted molar refractivity (Wildman–Crippen MR) is 114 cm³/mol. The second-order valence-corrected chi connectivity index (χ2v) is 8.47. The van der Waals surface area contributed by atoms with Crippen LogP contribution in [0.5, 0.6) is 5.75 Å². The third-order valence-corrected chi connectivity index (χ3v) is 6.41. The Morgan fingerprint density at radius 3 is 2.61 bits per heavy atom. The number of ether oxygens (including phenoxy) is 1. The summed E-state index contributed by atoms with van der Waals surface area (Å²) in [5, 5.41) is 12.2. The number of nitrogens with one attached hydrogen (secondary N) is 1. The first kappa shape index (κ1) is 19.7. The number of methoxy groups -OCH3 is 1. The summed E-state index contributed by atoms with van der Waals surface area (Å²) in [7, 11) is 3.62. The molecule has 162 valence electrons. The van der Waals surface area contributed by atoms with Crippen LogP contribution in [0.3, 0.4) is 0 Å². The predicted octanol–water partition coefficient (Wildman–Crippen LogP) is 1.39. The van der Waals surface area contributed by atoms with Crippen molar-refractivity contribution in [3.05, 3.63) is 48.0 Å². The van der Waals surface area contributed by atoms with Crippen molar-refractivity contribution in [2.24, 2.45) is 7.05 Å². The number of rotatable bonds is 4. The van der Waals surface area contributed by atoms with Crippen LogP contribution in [0.25, 0.3) is 11.4 Å². The Balaban J connectivity index is 1.33. The van der Waals surface area contributed by atoms with E-state index in [2.05, 4.69) is 26.5 Å². The molecule has 5 rings (SSSR count). The van der Waals surface area contributed by atoms with Gasteiger partial charge < -0.3 is 10.1 Å². The van der Waals surface area contributed by atoms with Gasteiger partial charge in [-0.15, -0.1) is 0 Å². The van der Waals surface area contributed by atoms with Crippen LogP contribution >= 0.6 is 0 Å². The number of aromatic nitrogens is 5. The molecule has 1 amide bonds. The molecule has 2 aromatic heterocycles. The molecule has 3 aromatic rings. The molecule has 0 aliphatic carbocycles. The second-order valence-electron chi connectivity index (χ2n) is 8.47. The van der Waals surface area contributed by atoms with Gasteiger partial charge in [0.25, 0.3) is 0 Å². The van der Waals surface area contributed by atoms with Crippen LogP contribution in [0, 0.1) is 0 Å². The fourth-order valence-electron chi connectivity index (χ4n) is 4.54. The van der Waals surface area contributed by atoms with Gasteiger partial charge in [-0.1, -0.05) is 0 Å². The number of aryl methyl sites for hydroxylation is 1. The quantitative estimate of drug-likeness (QED) is 0.685. The SMILES string of the molecule is COc1ccc(-c2nc3n(n2)CC(=O)NC2(CCN(Cc4ccnn4C)CC2)C3)cc1. The molecule has 9 nitrogen and oxygen atoms in total. The molecule has 0 unspecified atom stereocenters. The number of carbonyl (C=O) groups is 1. The largest absolute Gasteiger partial charge is 0.497 e. The average molecular weight is 422 g/mol. The van der Waals surface area contributed by atoms with E-state index in [4.69, 9.17) is 9.72 Å². The summed E-state index contributed by atoms with van der Waals surface area (Å²) >= 11 is 0. The highest BCUT2D eigenvalue weighted by atomic mass is 16.5. The van der Waals surface area contributed by atoms with Crippen molar-refractivity contribution in [3.8, 4) is 17.1 Å². The summed E-state index contributed by atoms with van der Waals surface area (Å²) in [6.45, 7) is 2.92. The monoisotopic (exact) mass is 421 g/mol. The number of benzene rings is 1. The summed E-state index contributed by atoms with van der Waals surface area (Å²) in [5.41, 5.74) is 1.85. The van der Waals surface area contributed by atoms with Gasteiger partial charge in [0.2, 0.25) is 5.91 Å². The maximum atomic E-state index is 12.7. The molecule has 0 bridgehead atoms. The number of nitrogens with zero attached hydrogens (tertiary/aromatic N) is 6. The van der Waals surface area contributed by atoms with Gasteiger partial charge in [0, 0.05) is 50.4 Å². The molecule has 0 saturated carbocycles. The second kappa shape index (κ2) is 7.81. The van der Waals surface area contributed by atoms with Gasteiger partial charge >= 0.3 is 0 Å². The molecule has 4 heterocycles. The zero-order valence-electron chi connectivity index (χ0n) is 17.9. The van der Waals surface area contributed by atoms with Gasteiger partial charge in [-0.25, -0.2) is 9.67 Å². The number of piperidine rings is 1. The number of carbonyl (C=O) groups excluding carboxylic acids is 1. The number of amides is 1. The zero-order valence-corrected chi connectivity index (χ0v) is 17.9. The topological polar surface area (TPSA) is 90.1 Å². The van der Waals surface area contributed by atoms with E-state index < -0.39 is 0 Å². The summed E-state index contributed by atoms with van der Waals surface area (Å²) in [5.74, 6) is 2.31. The van der Waals surface area contributed by atoms with Gasteiger partial charge in [-0.2, -0.15) is 10.2 Å². The number of hydrogen-bond donors (Lipinski definition) is 1. The van der Waals surface area contributed by atoms with Crippen LogP contribution < -0.4 is 10.1 Å². The van der Waals surface area contributed by atoms with Crippen LogP contribution in [-0.4, -0.2) is 61.1 Å². The smallest absolute Gasteiger partial charge is 0.242 e. The Bertz CT molecular complexity index is 1080. The Morgan fingerprint density at radius 1 is 1.16 bits per heavy atom. The molecule has 1 aromatic carbocycles. The lowest BCUT2D eigenvalue weighted by atomic mass is 9.84. The highest BCUT2D eigenvalue weighted by molar-refractivity contribution is 5.77. The van der Waals surface area contributed by atoms with Crippen LogP contribution in [0.4, 0.5) is 0 Å². The molecule has 9 heteroatoms. The first-order valence-corrected chi connectivity index (χ1v) is 10.6. The Kier molecular flexibility index (Phi) is 4.97. The molecule has 0 atom stereocenters. The molecule has 2 aliphatic rings. The van der Waals surface area contributed by atoms with E-state index in [9.17, 15) is 4.79 Å². The molecule has 31 heavy (non-hydrogen) atoms. The zero-order chi connectivity index (χ0) is 21.4. The van der Waals surface area contributed by atoms with E-state index in [-0.39, 0.29) is 18.0 Å². The van der Waals surface area contributed by atoms with Crippen molar-refractivity contribution < 1.29 is 9.53 Å². The summed E-state index contributed by atoms with van der Waals surface area (Å²) in [6.07, 6.45) is 4.31. The van der Waals surface area contributed by atoms with E-state index >= 15 is 0 Å². The summed E-state index contributed by atoms with van der Waals surface area (Å²) in [6, 6.07) is 9.74. The lowest BCUT2D eigenvalue weighted by Gasteiger charge is -2.41. The van der Waals surface area contributed by atoms with E-state index in [1.54, 1.807) is 11.8 Å². The maximum absolute atomic E-state index is 12.7. The summed E-state index contributed by atoms with van der Waals surface area (Å²) < 4.78 is 8.91. The Morgan fingerprint density at radius 2 is 1.94 bits per heavy atom. The van der Waals surface area contributed by atoms with E-state index in [0.29, 0.717) is 12.2 Å². The van der Waals surface area contributed by atoms with Crippen molar-refractivity contribution in [1.82, 2.24) is 34.8 Å². The Labute approximate surface area is 181 Å². The third-order valence-electron chi connectivity index (χ3n) is 6.41. The normalized spacial score (nSPS) is 18.5. The molecule has 2 aliphatic heterocycles. The number of fused-ring (bicyclic) bond motifs is 1. The molecule has 1 fully saturated rings. The Hall–Kier alpha value is -3.20. The van der Waals surface area contributed by atoms with E-state index in [1.165, 1.54) is 5.69 Å². The fourth-order valence-corrected chi connectivity index (χ4v) is 4.54. The highest BCUT2D eigenvalue weighted by Gasteiger charge is 2.40. The van der Waals surface area contributed by atoms with Gasteiger partial charge in [0.05, 0.1) is 12.8 Å². The van der Waals surface area contributed by atoms with Gasteiger partial charge in [0.1, 0.15) is 18.1 Å². The number of likely N-dealkylation sites (tertiary alicyclic amines) is 1. The molecule has 1 N–H and O–H groups in total. The minimum absolute atomic E-state index is 0.00464. The van der Waals surface area contributed by atoms with Gasteiger partial charge in [-0.3, -0.25) is 14.4 Å². The van der Waals surface area contributed by atoms with Crippen LogP contribution in [0.15, 0.2) is 36.5 Å². The molecule has 1 saturated heterocycles. The van der Waals surface area contributed by atoms with Gasteiger partial charge in [0.15, 0.2) is 5.82 Å². The first-order chi connectivity index (χ1) is 15.0. The maximum Gasteiger partial charge on any atom is 0.242 e. The lowest BCUT2D eigenvalue weighted by molar-refractivity contribution is -0.123. The van der Waals surface area contributed by atoms with Crippen LogP contribution in [-0.2, 0) is 31.4 Å². The molecular weight excluding hydrogens is 394 g/mol. The van der Waals surface area contributed by atoms with Crippen molar-refractivity contribution >= 4 is 5.91 Å².